The molecule has 0 heterocycles. The highest BCUT2D eigenvalue weighted by molar-refractivity contribution is 6.14. The molecule has 2 aliphatic carbocycles. The van der Waals surface area contributed by atoms with Crippen LogP contribution >= 0.6 is 0 Å². The molecule has 11 aromatic rings. The number of nitrogens with zero attached hydrogens (tertiary/aromatic N) is 1. The third-order valence-electron chi connectivity index (χ3n) is 16.4. The molecule has 13 rings (SSSR count). The van der Waals surface area contributed by atoms with Crippen molar-refractivity contribution in [1.29, 1.82) is 0 Å². The summed E-state index contributed by atoms with van der Waals surface area (Å²) in [5.41, 5.74) is 20.9. The molecule has 0 spiro atoms. The maximum absolute atomic E-state index is 2.53. The van der Waals surface area contributed by atoms with E-state index in [1.54, 1.807) is 0 Å². The Hall–Kier alpha value is -8.26. The molecule has 0 saturated carbocycles. The Morgan fingerprint density at radius 2 is 0.819 bits per heavy atom. The normalized spacial score (nSPS) is 14.9. The van der Waals surface area contributed by atoms with Crippen LogP contribution in [0.25, 0.3) is 66.1 Å². The lowest BCUT2D eigenvalue weighted by molar-refractivity contribution is 0.332. The van der Waals surface area contributed by atoms with Gasteiger partial charge in [0.1, 0.15) is 0 Å². The van der Waals surface area contributed by atoms with Crippen molar-refractivity contribution in [2.75, 3.05) is 4.90 Å². The zero-order valence-electron chi connectivity index (χ0n) is 41.5. The average Bonchev–Trinajstić information content (AvgIpc) is 3.72. The topological polar surface area (TPSA) is 3.24 Å². The van der Waals surface area contributed by atoms with Crippen LogP contribution in [-0.4, -0.2) is 0 Å². The second-order valence-corrected chi connectivity index (χ2v) is 21.5. The van der Waals surface area contributed by atoms with Crippen molar-refractivity contribution in [3.63, 3.8) is 0 Å². The van der Waals surface area contributed by atoms with Crippen molar-refractivity contribution in [1.82, 2.24) is 0 Å². The largest absolute Gasteiger partial charge is 0.310 e. The first-order chi connectivity index (χ1) is 35.2. The molecule has 1 nitrogen and oxygen atoms in total. The van der Waals surface area contributed by atoms with Gasteiger partial charge in [0.2, 0.25) is 0 Å². The molecule has 0 amide bonds. The van der Waals surface area contributed by atoms with E-state index in [-0.39, 0.29) is 10.8 Å². The summed E-state index contributed by atoms with van der Waals surface area (Å²) in [6.45, 7) is 9.66. The first kappa shape index (κ1) is 43.7. The smallest absolute Gasteiger partial charge is 0.0714 e. The second-order valence-electron chi connectivity index (χ2n) is 21.5. The fourth-order valence-corrected chi connectivity index (χ4v) is 12.6. The van der Waals surface area contributed by atoms with E-state index in [4.69, 9.17) is 0 Å². The van der Waals surface area contributed by atoms with Crippen molar-refractivity contribution in [3.8, 4) is 44.5 Å². The van der Waals surface area contributed by atoms with E-state index < -0.39 is 5.41 Å². The molecular formula is C71H57N. The molecule has 0 aromatic heterocycles. The van der Waals surface area contributed by atoms with Gasteiger partial charge in [-0.3, -0.25) is 0 Å². The fraction of sp³-hybridized carbons (Fsp3) is 0.127. The quantitative estimate of drug-likeness (QED) is 0.137. The van der Waals surface area contributed by atoms with Gasteiger partial charge in [-0.25, -0.2) is 0 Å². The van der Waals surface area contributed by atoms with Crippen LogP contribution in [0, 0.1) is 0 Å². The van der Waals surface area contributed by atoms with Crippen LogP contribution in [0.4, 0.5) is 17.1 Å². The van der Waals surface area contributed by atoms with Crippen molar-refractivity contribution >= 4 is 38.6 Å². The Labute approximate surface area is 424 Å². The van der Waals surface area contributed by atoms with E-state index in [9.17, 15) is 0 Å². The number of benzene rings is 11. The van der Waals surface area contributed by atoms with Gasteiger partial charge in [-0.05, 0) is 160 Å². The Balaban J connectivity index is 1.04. The number of hydrogen-bond acceptors (Lipinski definition) is 1. The predicted molar refractivity (Wildman–Crippen MR) is 305 cm³/mol. The molecular weight excluding hydrogens is 867 g/mol. The van der Waals surface area contributed by atoms with E-state index in [0.29, 0.717) is 0 Å². The molecule has 0 fully saturated rings. The monoisotopic (exact) mass is 923 g/mol. The first-order valence-electron chi connectivity index (χ1n) is 25.7. The molecule has 11 aromatic carbocycles. The van der Waals surface area contributed by atoms with E-state index in [1.165, 1.54) is 112 Å². The molecule has 0 N–H and O–H groups in total. The summed E-state index contributed by atoms with van der Waals surface area (Å²) in [5, 5.41) is 5.06. The molecule has 0 radical (unpaired) electrons. The highest BCUT2D eigenvalue weighted by atomic mass is 15.1. The van der Waals surface area contributed by atoms with Gasteiger partial charge in [-0.1, -0.05) is 234 Å². The highest BCUT2D eigenvalue weighted by Crippen LogP contribution is 2.59. The van der Waals surface area contributed by atoms with Crippen LogP contribution in [0.5, 0.6) is 0 Å². The van der Waals surface area contributed by atoms with E-state index >= 15 is 0 Å². The number of rotatable bonds is 8. The van der Waals surface area contributed by atoms with Gasteiger partial charge in [0, 0.05) is 16.9 Å². The van der Waals surface area contributed by atoms with Crippen LogP contribution in [0.2, 0.25) is 0 Å². The summed E-state index contributed by atoms with van der Waals surface area (Å²) in [6.07, 6.45) is 2.40. The number of para-hydroxylation sites is 1. The zero-order valence-corrected chi connectivity index (χ0v) is 41.5. The molecule has 0 aliphatic heterocycles. The summed E-state index contributed by atoms with van der Waals surface area (Å²) in [6, 6.07) is 93.3. The lowest BCUT2D eigenvalue weighted by Gasteiger charge is -2.42. The molecule has 2 aliphatic rings. The Bertz CT molecular complexity index is 3790. The van der Waals surface area contributed by atoms with Crippen LogP contribution in [-0.2, 0) is 16.2 Å². The second kappa shape index (κ2) is 17.0. The van der Waals surface area contributed by atoms with Gasteiger partial charge in [0.25, 0.3) is 0 Å². The van der Waals surface area contributed by atoms with Gasteiger partial charge < -0.3 is 4.90 Å². The van der Waals surface area contributed by atoms with Crippen LogP contribution in [0.1, 0.15) is 73.9 Å². The van der Waals surface area contributed by atoms with Gasteiger partial charge in [-0.2, -0.15) is 0 Å². The van der Waals surface area contributed by atoms with Crippen molar-refractivity contribution in [3.05, 3.63) is 282 Å². The molecule has 0 atom stereocenters. The van der Waals surface area contributed by atoms with Gasteiger partial charge >= 0.3 is 0 Å². The molecule has 0 unspecified atom stereocenters. The summed E-state index contributed by atoms with van der Waals surface area (Å²) < 4.78 is 0. The molecule has 72 heavy (non-hydrogen) atoms. The third-order valence-corrected chi connectivity index (χ3v) is 16.4. The van der Waals surface area contributed by atoms with E-state index in [0.717, 1.165) is 17.1 Å². The lowest BCUT2D eigenvalue weighted by atomic mass is 9.63. The van der Waals surface area contributed by atoms with Crippen LogP contribution < -0.4 is 4.90 Å². The summed E-state index contributed by atoms with van der Waals surface area (Å²) in [5.74, 6) is 0. The fourth-order valence-electron chi connectivity index (χ4n) is 12.6. The maximum Gasteiger partial charge on any atom is 0.0714 e. The van der Waals surface area contributed by atoms with Crippen molar-refractivity contribution in [2.45, 2.75) is 56.8 Å². The standard InChI is InChI=1S/C71H57N/c1-69(2)42-43-70(3,4)67-45-51(38-41-65(67)69)48-32-34-50(35-33-48)62-46-63-60-30-18-19-31-64(60)71(53-21-8-5-9-22-53,54-23-10-6-11-24-54)66(63)47-68(62)72(55-25-12-7-13-26-55)56-39-36-49(37-40-56)61-44-52-20-14-15-27-57(52)58-28-16-17-29-59(58)61/h5-41,44-47H,42-43H2,1-4H3. The Morgan fingerprint density at radius 3 is 1.51 bits per heavy atom. The average molecular weight is 924 g/mol. The van der Waals surface area contributed by atoms with E-state index in [2.05, 4.69) is 281 Å². The minimum absolute atomic E-state index is 0.132. The summed E-state index contributed by atoms with van der Waals surface area (Å²) in [4.78, 5) is 2.49. The van der Waals surface area contributed by atoms with Gasteiger partial charge in [0.15, 0.2) is 0 Å². The highest BCUT2D eigenvalue weighted by Gasteiger charge is 2.47. The lowest BCUT2D eigenvalue weighted by Crippen LogP contribution is -2.33. The Morgan fingerprint density at radius 1 is 0.306 bits per heavy atom. The molecule has 346 valence electrons. The summed E-state index contributed by atoms with van der Waals surface area (Å²) in [7, 11) is 0. The number of hydrogen-bond donors (Lipinski definition) is 0. The maximum atomic E-state index is 2.53. The number of fused-ring (bicyclic) bond motifs is 7. The first-order valence-corrected chi connectivity index (χ1v) is 25.7. The van der Waals surface area contributed by atoms with Crippen LogP contribution in [0.3, 0.4) is 0 Å². The van der Waals surface area contributed by atoms with Gasteiger partial charge in [-0.15, -0.1) is 0 Å². The zero-order chi connectivity index (χ0) is 48.6. The minimum Gasteiger partial charge on any atom is -0.310 e. The SMILES string of the molecule is CC1(C)CCC(C)(C)c2cc(-c3ccc(-c4cc5c(cc4N(c4ccccc4)c4ccc(-c6cc7ccccc7c7ccccc67)cc4)C(c4ccccc4)(c4ccccc4)c4ccccc4-5)cc3)ccc21. The third kappa shape index (κ3) is 6.97. The minimum atomic E-state index is -0.566. The van der Waals surface area contributed by atoms with Crippen molar-refractivity contribution in [2.24, 2.45) is 0 Å². The molecule has 0 bridgehead atoms. The number of anilines is 3. The van der Waals surface area contributed by atoms with Crippen LogP contribution in [0.15, 0.2) is 249 Å². The van der Waals surface area contributed by atoms with E-state index in [1.807, 2.05) is 0 Å². The predicted octanol–water partition coefficient (Wildman–Crippen LogP) is 19.2. The molecule has 1 heteroatoms. The molecule has 0 saturated heterocycles. The van der Waals surface area contributed by atoms with Gasteiger partial charge in [0.05, 0.1) is 11.1 Å². The Kier molecular flexibility index (Phi) is 10.3. The summed E-state index contributed by atoms with van der Waals surface area (Å²) >= 11 is 0. The van der Waals surface area contributed by atoms with Crippen molar-refractivity contribution < 1.29 is 0 Å².